The largest absolute Gasteiger partial charge is 0.388 e. The van der Waals surface area contributed by atoms with Gasteiger partial charge in [0.2, 0.25) is 0 Å². The Balaban J connectivity index is 1.78. The summed E-state index contributed by atoms with van der Waals surface area (Å²) >= 11 is 0. The van der Waals surface area contributed by atoms with E-state index >= 15 is 0 Å². The topological polar surface area (TPSA) is 32.3 Å². The van der Waals surface area contributed by atoms with Crippen molar-refractivity contribution in [1.82, 2.24) is 0 Å². The fraction of sp³-hybridized carbons (Fsp3) is 0.250. The summed E-state index contributed by atoms with van der Waals surface area (Å²) in [6.07, 6.45) is 1.37. The van der Waals surface area contributed by atoms with E-state index in [-0.39, 0.29) is 6.10 Å². The van der Waals surface area contributed by atoms with Gasteiger partial charge in [0, 0.05) is 17.3 Å². The third kappa shape index (κ3) is 2.24. The zero-order chi connectivity index (χ0) is 12.4. The Morgan fingerprint density at radius 2 is 1.72 bits per heavy atom. The van der Waals surface area contributed by atoms with E-state index in [9.17, 15) is 5.11 Å². The van der Waals surface area contributed by atoms with E-state index in [0.717, 1.165) is 24.1 Å². The standard InChI is InChI=1S/C16H17NO/c18-16-11-13(10-12-6-2-1-3-7-12)17-15-9-5-4-8-14(15)16/h1-9,13,16-18H,10-11H2. The minimum Gasteiger partial charge on any atom is -0.388 e. The van der Waals surface area contributed by atoms with Gasteiger partial charge in [-0.15, -0.1) is 0 Å². The Morgan fingerprint density at radius 3 is 2.56 bits per heavy atom. The van der Waals surface area contributed by atoms with Gasteiger partial charge in [-0.3, -0.25) is 0 Å². The van der Waals surface area contributed by atoms with Crippen molar-refractivity contribution < 1.29 is 5.11 Å². The number of rotatable bonds is 2. The normalized spacial score (nSPS) is 22.1. The number of aliphatic hydroxyl groups excluding tert-OH is 1. The van der Waals surface area contributed by atoms with Crippen LogP contribution in [0.15, 0.2) is 54.6 Å². The zero-order valence-electron chi connectivity index (χ0n) is 10.2. The summed E-state index contributed by atoms with van der Waals surface area (Å²) in [5, 5.41) is 13.7. The van der Waals surface area contributed by atoms with Crippen molar-refractivity contribution in [2.24, 2.45) is 0 Å². The minimum atomic E-state index is -0.351. The summed E-state index contributed by atoms with van der Waals surface area (Å²) in [4.78, 5) is 0. The van der Waals surface area contributed by atoms with Crippen LogP contribution in [-0.2, 0) is 6.42 Å². The summed E-state index contributed by atoms with van der Waals surface area (Å²) in [7, 11) is 0. The predicted octanol–water partition coefficient (Wildman–Crippen LogP) is 3.15. The molecule has 2 nitrogen and oxygen atoms in total. The number of hydrogen-bond donors (Lipinski definition) is 2. The minimum absolute atomic E-state index is 0.303. The van der Waals surface area contributed by atoms with Crippen LogP contribution in [0.5, 0.6) is 0 Å². The van der Waals surface area contributed by atoms with Gasteiger partial charge in [0.1, 0.15) is 0 Å². The molecule has 2 aromatic rings. The van der Waals surface area contributed by atoms with Crippen molar-refractivity contribution in [3.05, 3.63) is 65.7 Å². The molecule has 92 valence electrons. The Kier molecular flexibility index (Phi) is 3.03. The molecule has 2 N–H and O–H groups in total. The van der Waals surface area contributed by atoms with Gasteiger partial charge >= 0.3 is 0 Å². The number of anilines is 1. The van der Waals surface area contributed by atoms with Gasteiger partial charge < -0.3 is 10.4 Å². The molecule has 0 fully saturated rings. The molecule has 18 heavy (non-hydrogen) atoms. The van der Waals surface area contributed by atoms with Crippen LogP contribution in [0.1, 0.15) is 23.7 Å². The lowest BCUT2D eigenvalue weighted by Crippen LogP contribution is -2.29. The lowest BCUT2D eigenvalue weighted by atomic mass is 9.92. The Labute approximate surface area is 107 Å². The van der Waals surface area contributed by atoms with Gasteiger partial charge in [-0.1, -0.05) is 48.5 Å². The maximum atomic E-state index is 10.2. The first-order valence-electron chi connectivity index (χ1n) is 6.40. The van der Waals surface area contributed by atoms with E-state index in [4.69, 9.17) is 0 Å². The maximum Gasteiger partial charge on any atom is 0.0829 e. The van der Waals surface area contributed by atoms with Crippen molar-refractivity contribution in [3.63, 3.8) is 0 Å². The van der Waals surface area contributed by atoms with E-state index in [2.05, 4.69) is 29.6 Å². The second-order valence-electron chi connectivity index (χ2n) is 4.87. The van der Waals surface area contributed by atoms with Gasteiger partial charge in [-0.05, 0) is 24.5 Å². The Bertz CT molecular complexity index is 524. The van der Waals surface area contributed by atoms with Crippen LogP contribution in [0.4, 0.5) is 5.69 Å². The molecule has 2 aromatic carbocycles. The first-order chi connectivity index (χ1) is 8.83. The smallest absolute Gasteiger partial charge is 0.0829 e. The second kappa shape index (κ2) is 4.83. The summed E-state index contributed by atoms with van der Waals surface area (Å²) < 4.78 is 0. The summed E-state index contributed by atoms with van der Waals surface area (Å²) in [5.41, 5.74) is 3.39. The van der Waals surface area contributed by atoms with Crippen molar-refractivity contribution in [2.45, 2.75) is 25.0 Å². The van der Waals surface area contributed by atoms with E-state index in [1.807, 2.05) is 30.3 Å². The van der Waals surface area contributed by atoms with E-state index in [0.29, 0.717) is 6.04 Å². The highest BCUT2D eigenvalue weighted by molar-refractivity contribution is 5.55. The van der Waals surface area contributed by atoms with Crippen molar-refractivity contribution in [2.75, 3.05) is 5.32 Å². The fourth-order valence-corrected chi connectivity index (χ4v) is 2.63. The van der Waals surface area contributed by atoms with Crippen LogP contribution in [-0.4, -0.2) is 11.1 Å². The van der Waals surface area contributed by atoms with Gasteiger partial charge in [0.25, 0.3) is 0 Å². The van der Waals surface area contributed by atoms with E-state index < -0.39 is 0 Å². The number of para-hydroxylation sites is 1. The Morgan fingerprint density at radius 1 is 1.00 bits per heavy atom. The monoisotopic (exact) mass is 239 g/mol. The number of nitrogens with one attached hydrogen (secondary N) is 1. The van der Waals surface area contributed by atoms with Crippen molar-refractivity contribution >= 4 is 5.69 Å². The molecule has 0 spiro atoms. The van der Waals surface area contributed by atoms with Gasteiger partial charge in [0.05, 0.1) is 6.10 Å². The lowest BCUT2D eigenvalue weighted by molar-refractivity contribution is 0.156. The molecule has 2 heteroatoms. The van der Waals surface area contributed by atoms with E-state index in [1.54, 1.807) is 0 Å². The third-order valence-corrected chi connectivity index (χ3v) is 3.51. The average molecular weight is 239 g/mol. The van der Waals surface area contributed by atoms with Crippen LogP contribution < -0.4 is 5.32 Å². The maximum absolute atomic E-state index is 10.2. The molecular formula is C16H17NO. The van der Waals surface area contributed by atoms with Gasteiger partial charge in [-0.25, -0.2) is 0 Å². The summed E-state index contributed by atoms with van der Waals surface area (Å²) in [6.45, 7) is 0. The summed E-state index contributed by atoms with van der Waals surface area (Å²) in [6, 6.07) is 18.7. The molecule has 1 heterocycles. The van der Waals surface area contributed by atoms with Crippen LogP contribution >= 0.6 is 0 Å². The highest BCUT2D eigenvalue weighted by atomic mass is 16.3. The molecule has 0 aliphatic carbocycles. The highest BCUT2D eigenvalue weighted by Crippen LogP contribution is 2.33. The number of hydrogen-bond acceptors (Lipinski definition) is 2. The molecule has 0 saturated carbocycles. The molecule has 0 radical (unpaired) electrons. The quantitative estimate of drug-likeness (QED) is 0.843. The molecule has 0 saturated heterocycles. The number of fused-ring (bicyclic) bond motifs is 1. The molecule has 1 aliphatic rings. The second-order valence-corrected chi connectivity index (χ2v) is 4.87. The van der Waals surface area contributed by atoms with Crippen molar-refractivity contribution in [3.8, 4) is 0 Å². The fourth-order valence-electron chi connectivity index (χ4n) is 2.63. The third-order valence-electron chi connectivity index (χ3n) is 3.51. The first-order valence-corrected chi connectivity index (χ1v) is 6.40. The molecule has 0 amide bonds. The average Bonchev–Trinajstić information content (AvgIpc) is 2.40. The van der Waals surface area contributed by atoms with Gasteiger partial charge in [-0.2, -0.15) is 0 Å². The number of aliphatic hydroxyl groups is 1. The molecule has 0 aromatic heterocycles. The molecular weight excluding hydrogens is 222 g/mol. The highest BCUT2D eigenvalue weighted by Gasteiger charge is 2.24. The predicted molar refractivity (Wildman–Crippen MR) is 73.6 cm³/mol. The first kappa shape index (κ1) is 11.3. The lowest BCUT2D eigenvalue weighted by Gasteiger charge is -2.30. The van der Waals surface area contributed by atoms with Crippen LogP contribution in [0.2, 0.25) is 0 Å². The molecule has 2 unspecified atom stereocenters. The van der Waals surface area contributed by atoms with Gasteiger partial charge in [0.15, 0.2) is 0 Å². The number of benzene rings is 2. The van der Waals surface area contributed by atoms with Crippen LogP contribution in [0, 0.1) is 0 Å². The van der Waals surface area contributed by atoms with E-state index in [1.165, 1.54) is 5.56 Å². The summed E-state index contributed by atoms with van der Waals surface area (Å²) in [5.74, 6) is 0. The molecule has 0 bridgehead atoms. The SMILES string of the molecule is OC1CC(Cc2ccccc2)Nc2ccccc21. The molecule has 3 rings (SSSR count). The zero-order valence-corrected chi connectivity index (χ0v) is 10.2. The Hall–Kier alpha value is -1.80. The van der Waals surface area contributed by atoms with Crippen LogP contribution in [0.25, 0.3) is 0 Å². The van der Waals surface area contributed by atoms with Crippen LogP contribution in [0.3, 0.4) is 0 Å². The van der Waals surface area contributed by atoms with Crippen molar-refractivity contribution in [1.29, 1.82) is 0 Å². The molecule has 1 aliphatic heterocycles. The molecule has 2 atom stereocenters.